The Kier molecular flexibility index (Phi) is 3.56. The second-order valence-corrected chi connectivity index (χ2v) is 3.43. The highest BCUT2D eigenvalue weighted by Crippen LogP contribution is 2.18. The van der Waals surface area contributed by atoms with Crippen molar-refractivity contribution in [2.45, 2.75) is 26.4 Å². The number of carbonyl (C=O) groups excluding carboxylic acids is 1. The van der Waals surface area contributed by atoms with Gasteiger partial charge in [0.25, 0.3) is 5.91 Å². The van der Waals surface area contributed by atoms with E-state index in [1.54, 1.807) is 13.8 Å². The van der Waals surface area contributed by atoms with Crippen LogP contribution in [0.1, 0.15) is 28.2 Å². The maximum absolute atomic E-state index is 11.8. The second-order valence-electron chi connectivity index (χ2n) is 3.43. The summed E-state index contributed by atoms with van der Waals surface area (Å²) in [4.78, 5) is 11.5. The maximum Gasteiger partial charge on any atom is 0.390 e. The average Bonchev–Trinajstić information content (AvgIpc) is 2.43. The van der Waals surface area contributed by atoms with Gasteiger partial charge >= 0.3 is 6.18 Å². The van der Waals surface area contributed by atoms with Gasteiger partial charge in [0.15, 0.2) is 0 Å². The molecule has 1 aromatic heterocycles. The number of alkyl halides is 3. The highest BCUT2D eigenvalue weighted by atomic mass is 19.4. The first-order valence-corrected chi connectivity index (χ1v) is 4.68. The van der Waals surface area contributed by atoms with Gasteiger partial charge in [-0.25, -0.2) is 0 Å². The molecule has 0 saturated carbocycles. The Morgan fingerprint density at radius 1 is 1.44 bits per heavy atom. The van der Waals surface area contributed by atoms with Gasteiger partial charge in [0.1, 0.15) is 0 Å². The first kappa shape index (κ1) is 12.5. The van der Waals surface area contributed by atoms with Gasteiger partial charge in [-0.1, -0.05) is 0 Å². The summed E-state index contributed by atoms with van der Waals surface area (Å²) < 4.78 is 35.5. The molecule has 0 saturated heterocycles. The Hall–Kier alpha value is -1.53. The van der Waals surface area contributed by atoms with Crippen LogP contribution >= 0.6 is 0 Å². The van der Waals surface area contributed by atoms with Crippen LogP contribution in [-0.4, -0.2) is 28.8 Å². The summed E-state index contributed by atoms with van der Waals surface area (Å²) in [7, 11) is 0. The van der Waals surface area contributed by atoms with Crippen LogP contribution in [-0.2, 0) is 0 Å². The molecule has 1 amide bonds. The fourth-order valence-electron chi connectivity index (χ4n) is 1.29. The predicted octanol–water partition coefficient (Wildman–Crippen LogP) is 1.71. The lowest BCUT2D eigenvalue weighted by molar-refractivity contribution is -0.132. The number of aryl methyl sites for hydroxylation is 2. The van der Waals surface area contributed by atoms with Crippen molar-refractivity contribution in [1.82, 2.24) is 15.5 Å². The third kappa shape index (κ3) is 3.25. The third-order valence-electron chi connectivity index (χ3n) is 2.05. The number of halogens is 3. The Balaban J connectivity index is 2.54. The smallest absolute Gasteiger partial charge is 0.352 e. The number of nitrogens with one attached hydrogen (secondary N) is 2. The molecule has 7 heteroatoms. The molecule has 0 aliphatic carbocycles. The van der Waals surface area contributed by atoms with Crippen molar-refractivity contribution in [3.8, 4) is 0 Å². The van der Waals surface area contributed by atoms with E-state index < -0.39 is 25.0 Å². The Bertz CT molecular complexity index is 364. The summed E-state index contributed by atoms with van der Waals surface area (Å²) >= 11 is 0. The third-order valence-corrected chi connectivity index (χ3v) is 2.05. The number of H-pyrrole nitrogens is 1. The number of hydrogen-bond acceptors (Lipinski definition) is 2. The van der Waals surface area contributed by atoms with E-state index in [1.165, 1.54) is 0 Å². The molecule has 4 nitrogen and oxygen atoms in total. The zero-order valence-electron chi connectivity index (χ0n) is 8.90. The predicted molar refractivity (Wildman–Crippen MR) is 51.1 cm³/mol. The molecule has 0 radical (unpaired) electrons. The quantitative estimate of drug-likeness (QED) is 0.837. The van der Waals surface area contributed by atoms with Crippen molar-refractivity contribution >= 4 is 5.91 Å². The lowest BCUT2D eigenvalue weighted by atomic mass is 10.2. The monoisotopic (exact) mass is 235 g/mol. The highest BCUT2D eigenvalue weighted by molar-refractivity contribution is 5.96. The summed E-state index contributed by atoms with van der Waals surface area (Å²) in [6.45, 7) is 2.83. The van der Waals surface area contributed by atoms with E-state index in [2.05, 4.69) is 15.5 Å². The zero-order chi connectivity index (χ0) is 12.3. The van der Waals surface area contributed by atoms with Gasteiger partial charge in [-0.15, -0.1) is 0 Å². The van der Waals surface area contributed by atoms with Crippen molar-refractivity contribution < 1.29 is 18.0 Å². The number of rotatable bonds is 3. The van der Waals surface area contributed by atoms with Crippen molar-refractivity contribution in [3.05, 3.63) is 17.0 Å². The minimum absolute atomic E-state index is 0.308. The van der Waals surface area contributed by atoms with Crippen LogP contribution in [0.4, 0.5) is 13.2 Å². The maximum atomic E-state index is 11.8. The van der Waals surface area contributed by atoms with E-state index in [4.69, 9.17) is 0 Å². The first-order chi connectivity index (χ1) is 7.31. The highest BCUT2D eigenvalue weighted by Gasteiger charge is 2.27. The topological polar surface area (TPSA) is 57.8 Å². The van der Waals surface area contributed by atoms with E-state index in [9.17, 15) is 18.0 Å². The number of amides is 1. The molecule has 16 heavy (non-hydrogen) atoms. The molecule has 0 aliphatic rings. The van der Waals surface area contributed by atoms with Crippen molar-refractivity contribution in [2.75, 3.05) is 6.54 Å². The fraction of sp³-hybridized carbons (Fsp3) is 0.556. The molecule has 0 bridgehead atoms. The zero-order valence-corrected chi connectivity index (χ0v) is 8.90. The van der Waals surface area contributed by atoms with Crippen LogP contribution in [0, 0.1) is 13.8 Å². The van der Waals surface area contributed by atoms with Crippen LogP contribution in [0.5, 0.6) is 0 Å². The lowest BCUT2D eigenvalue weighted by Crippen LogP contribution is -2.28. The molecule has 90 valence electrons. The summed E-state index contributed by atoms with van der Waals surface area (Å²) in [5, 5.41) is 8.58. The minimum Gasteiger partial charge on any atom is -0.352 e. The fourth-order valence-corrected chi connectivity index (χ4v) is 1.29. The first-order valence-electron chi connectivity index (χ1n) is 4.68. The van der Waals surface area contributed by atoms with Crippen LogP contribution in [0.3, 0.4) is 0 Å². The van der Waals surface area contributed by atoms with E-state index in [0.717, 1.165) is 0 Å². The van der Waals surface area contributed by atoms with Gasteiger partial charge in [-0.05, 0) is 13.8 Å². The van der Waals surface area contributed by atoms with Gasteiger partial charge in [0.05, 0.1) is 17.7 Å². The van der Waals surface area contributed by atoms with Crippen LogP contribution in [0.25, 0.3) is 0 Å². The lowest BCUT2D eigenvalue weighted by Gasteiger charge is -2.07. The van der Waals surface area contributed by atoms with Crippen molar-refractivity contribution in [2.24, 2.45) is 0 Å². The Morgan fingerprint density at radius 3 is 2.50 bits per heavy atom. The molecule has 0 aromatic carbocycles. The summed E-state index contributed by atoms with van der Waals surface area (Å²) in [5.41, 5.74) is 1.33. The van der Waals surface area contributed by atoms with Gasteiger partial charge in [-0.2, -0.15) is 18.3 Å². The van der Waals surface area contributed by atoms with E-state index in [1.807, 2.05) is 0 Å². The van der Waals surface area contributed by atoms with E-state index in [-0.39, 0.29) is 0 Å². The van der Waals surface area contributed by atoms with Crippen LogP contribution < -0.4 is 5.32 Å². The van der Waals surface area contributed by atoms with Crippen molar-refractivity contribution in [3.63, 3.8) is 0 Å². The minimum atomic E-state index is -4.26. The molecule has 0 atom stereocenters. The standard InChI is InChI=1S/C9H12F3N3O/c1-5-7(6(2)15-14-5)8(16)13-4-3-9(10,11)12/h3-4H2,1-2H3,(H,13,16)(H,14,15). The van der Waals surface area contributed by atoms with Crippen molar-refractivity contribution in [1.29, 1.82) is 0 Å². The molecule has 1 heterocycles. The Labute approximate surface area is 90.2 Å². The number of carbonyl (C=O) groups is 1. The summed E-state index contributed by atoms with van der Waals surface area (Å²) in [6, 6.07) is 0. The molecule has 0 aliphatic heterocycles. The van der Waals surface area contributed by atoms with Crippen LogP contribution in [0.2, 0.25) is 0 Å². The summed E-state index contributed by atoms with van der Waals surface area (Å²) in [6.07, 6.45) is -5.29. The molecule has 2 N–H and O–H groups in total. The number of aromatic amines is 1. The van der Waals surface area contributed by atoms with Gasteiger partial charge in [-0.3, -0.25) is 9.89 Å². The molecular formula is C9H12F3N3O. The largest absolute Gasteiger partial charge is 0.390 e. The molecule has 0 spiro atoms. The molecule has 0 unspecified atom stereocenters. The Morgan fingerprint density at radius 2 is 2.06 bits per heavy atom. The molecule has 1 rings (SSSR count). The SMILES string of the molecule is Cc1n[nH]c(C)c1C(=O)NCCC(F)(F)F. The number of aromatic nitrogens is 2. The summed E-state index contributed by atoms with van der Waals surface area (Å²) in [5.74, 6) is -0.534. The molecule has 0 fully saturated rings. The number of nitrogens with zero attached hydrogens (tertiary/aromatic N) is 1. The average molecular weight is 235 g/mol. The van der Waals surface area contributed by atoms with Gasteiger partial charge < -0.3 is 5.32 Å². The normalized spacial score (nSPS) is 11.6. The second kappa shape index (κ2) is 4.54. The molecular weight excluding hydrogens is 223 g/mol. The molecule has 1 aromatic rings. The van der Waals surface area contributed by atoms with Gasteiger partial charge in [0, 0.05) is 12.2 Å². The van der Waals surface area contributed by atoms with E-state index >= 15 is 0 Å². The van der Waals surface area contributed by atoms with Gasteiger partial charge in [0.2, 0.25) is 0 Å². The van der Waals surface area contributed by atoms with Crippen LogP contribution in [0.15, 0.2) is 0 Å². The van der Waals surface area contributed by atoms with E-state index in [0.29, 0.717) is 17.0 Å². The number of hydrogen-bond donors (Lipinski definition) is 2.